The van der Waals surface area contributed by atoms with Crippen LogP contribution in [0.4, 0.5) is 10.1 Å². The number of hydrogen-bond acceptors (Lipinski definition) is 3. The van der Waals surface area contributed by atoms with Crippen molar-refractivity contribution >= 4 is 21.6 Å². The lowest BCUT2D eigenvalue weighted by Gasteiger charge is -2.11. The molecule has 0 aliphatic rings. The van der Waals surface area contributed by atoms with Crippen molar-refractivity contribution < 1.29 is 13.9 Å². The van der Waals surface area contributed by atoms with E-state index >= 15 is 0 Å². The van der Waals surface area contributed by atoms with Crippen LogP contribution in [-0.2, 0) is 4.74 Å². The van der Waals surface area contributed by atoms with E-state index in [1.54, 1.807) is 0 Å². The molecule has 0 bridgehead atoms. The third-order valence-corrected chi connectivity index (χ3v) is 2.45. The van der Waals surface area contributed by atoms with Crippen molar-refractivity contribution in [3.63, 3.8) is 0 Å². The maximum absolute atomic E-state index is 13.0. The Morgan fingerprint density at radius 3 is 2.69 bits per heavy atom. The van der Waals surface area contributed by atoms with Crippen LogP contribution in [0, 0.1) is 5.82 Å². The summed E-state index contributed by atoms with van der Waals surface area (Å²) in [6.07, 6.45) is 0.168. The van der Waals surface area contributed by atoms with Crippen molar-refractivity contribution in [2.45, 2.75) is 20.0 Å². The molecular formula is C11H15BrFNO2. The van der Waals surface area contributed by atoms with Crippen molar-refractivity contribution in [1.82, 2.24) is 0 Å². The normalized spacial score (nSPS) is 10.8. The van der Waals surface area contributed by atoms with Gasteiger partial charge in [0.05, 0.1) is 22.9 Å². The summed E-state index contributed by atoms with van der Waals surface area (Å²) in [6, 6.07) is 2.74. The summed E-state index contributed by atoms with van der Waals surface area (Å²) in [7, 11) is 0. The molecule has 2 N–H and O–H groups in total. The topological polar surface area (TPSA) is 44.5 Å². The number of nitrogens with two attached hydrogens (primary N) is 1. The van der Waals surface area contributed by atoms with Crippen LogP contribution >= 0.6 is 15.9 Å². The molecule has 1 aromatic rings. The van der Waals surface area contributed by atoms with Gasteiger partial charge in [0.2, 0.25) is 0 Å². The molecule has 0 aliphatic heterocycles. The zero-order valence-corrected chi connectivity index (χ0v) is 10.9. The first kappa shape index (κ1) is 13.3. The van der Waals surface area contributed by atoms with Gasteiger partial charge in [0, 0.05) is 6.07 Å². The molecule has 0 spiro atoms. The number of anilines is 1. The molecule has 0 unspecified atom stereocenters. The summed E-state index contributed by atoms with van der Waals surface area (Å²) >= 11 is 3.07. The molecule has 0 heterocycles. The standard InChI is InChI=1S/C11H15BrFNO2/c1-7(2)15-3-4-16-11-5-8(12)9(13)6-10(11)14/h5-7H,3-4,14H2,1-2H3. The van der Waals surface area contributed by atoms with Gasteiger partial charge in [0.25, 0.3) is 0 Å². The maximum atomic E-state index is 13.0. The molecule has 1 rings (SSSR count). The fraction of sp³-hybridized carbons (Fsp3) is 0.455. The van der Waals surface area contributed by atoms with E-state index in [4.69, 9.17) is 15.2 Å². The Kier molecular flexibility index (Phi) is 5.02. The van der Waals surface area contributed by atoms with E-state index in [2.05, 4.69) is 15.9 Å². The fourth-order valence-electron chi connectivity index (χ4n) is 1.10. The SMILES string of the molecule is CC(C)OCCOc1cc(Br)c(F)cc1N. The molecule has 0 atom stereocenters. The zero-order valence-electron chi connectivity index (χ0n) is 9.30. The van der Waals surface area contributed by atoms with Crippen LogP contribution in [0.5, 0.6) is 5.75 Å². The van der Waals surface area contributed by atoms with Crippen LogP contribution in [-0.4, -0.2) is 19.3 Å². The predicted molar refractivity (Wildman–Crippen MR) is 65.1 cm³/mol. The Labute approximate surface area is 103 Å². The Morgan fingerprint density at radius 2 is 2.06 bits per heavy atom. The number of ether oxygens (including phenoxy) is 2. The summed E-state index contributed by atoms with van der Waals surface area (Å²) in [5.74, 6) is 0.0592. The van der Waals surface area contributed by atoms with Gasteiger partial charge in [-0.15, -0.1) is 0 Å². The Bertz CT molecular complexity index is 358. The predicted octanol–water partition coefficient (Wildman–Crippen LogP) is 2.97. The maximum Gasteiger partial charge on any atom is 0.143 e. The van der Waals surface area contributed by atoms with Crippen molar-refractivity contribution in [3.05, 3.63) is 22.4 Å². The Balaban J connectivity index is 2.51. The van der Waals surface area contributed by atoms with Gasteiger partial charge in [-0.2, -0.15) is 0 Å². The largest absolute Gasteiger partial charge is 0.489 e. The molecule has 0 amide bonds. The lowest BCUT2D eigenvalue weighted by molar-refractivity contribution is 0.0554. The second-order valence-corrected chi connectivity index (χ2v) is 4.43. The highest BCUT2D eigenvalue weighted by molar-refractivity contribution is 9.10. The molecule has 0 aromatic heterocycles. The summed E-state index contributed by atoms with van der Waals surface area (Å²) in [4.78, 5) is 0. The molecule has 16 heavy (non-hydrogen) atoms. The van der Waals surface area contributed by atoms with Crippen LogP contribution in [0.25, 0.3) is 0 Å². The van der Waals surface area contributed by atoms with Crippen molar-refractivity contribution in [2.75, 3.05) is 18.9 Å². The second-order valence-electron chi connectivity index (χ2n) is 3.57. The molecule has 0 saturated heterocycles. The van der Waals surface area contributed by atoms with Crippen molar-refractivity contribution in [1.29, 1.82) is 0 Å². The van der Waals surface area contributed by atoms with E-state index in [1.807, 2.05) is 13.8 Å². The number of rotatable bonds is 5. The van der Waals surface area contributed by atoms with Crippen LogP contribution < -0.4 is 10.5 Å². The number of halogens is 2. The van der Waals surface area contributed by atoms with E-state index < -0.39 is 5.82 Å². The molecule has 0 radical (unpaired) electrons. The molecule has 3 nitrogen and oxygen atoms in total. The summed E-state index contributed by atoms with van der Waals surface area (Å²) < 4.78 is 24.1. The number of benzene rings is 1. The number of nitrogen functional groups attached to an aromatic ring is 1. The molecule has 0 fully saturated rings. The van der Waals surface area contributed by atoms with Gasteiger partial charge < -0.3 is 15.2 Å². The van der Waals surface area contributed by atoms with Gasteiger partial charge in [0.1, 0.15) is 18.2 Å². The Morgan fingerprint density at radius 1 is 1.38 bits per heavy atom. The highest BCUT2D eigenvalue weighted by Crippen LogP contribution is 2.28. The smallest absolute Gasteiger partial charge is 0.143 e. The summed E-state index contributed by atoms with van der Waals surface area (Å²) in [6.45, 7) is 4.76. The van der Waals surface area contributed by atoms with E-state index in [9.17, 15) is 4.39 Å². The van der Waals surface area contributed by atoms with Crippen LogP contribution in [0.2, 0.25) is 0 Å². The first-order chi connectivity index (χ1) is 7.50. The van der Waals surface area contributed by atoms with Gasteiger partial charge in [-0.25, -0.2) is 4.39 Å². The minimum atomic E-state index is -0.400. The fourth-order valence-corrected chi connectivity index (χ4v) is 1.43. The van der Waals surface area contributed by atoms with E-state index in [-0.39, 0.29) is 11.8 Å². The minimum absolute atomic E-state index is 0.168. The average Bonchev–Trinajstić information content (AvgIpc) is 2.19. The first-order valence-corrected chi connectivity index (χ1v) is 5.79. The molecular weight excluding hydrogens is 277 g/mol. The second kappa shape index (κ2) is 6.06. The van der Waals surface area contributed by atoms with E-state index in [1.165, 1.54) is 12.1 Å². The van der Waals surface area contributed by atoms with Gasteiger partial charge in [-0.05, 0) is 35.8 Å². The summed E-state index contributed by atoms with van der Waals surface area (Å²) in [5, 5.41) is 0. The third kappa shape index (κ3) is 3.98. The quantitative estimate of drug-likeness (QED) is 0.670. The Hall–Kier alpha value is -0.810. The monoisotopic (exact) mass is 291 g/mol. The van der Waals surface area contributed by atoms with Gasteiger partial charge in [-0.3, -0.25) is 0 Å². The average molecular weight is 292 g/mol. The highest BCUT2D eigenvalue weighted by Gasteiger charge is 2.06. The first-order valence-electron chi connectivity index (χ1n) is 4.99. The lowest BCUT2D eigenvalue weighted by atomic mass is 10.3. The van der Waals surface area contributed by atoms with E-state index in [0.29, 0.717) is 23.4 Å². The van der Waals surface area contributed by atoms with Crippen LogP contribution in [0.1, 0.15) is 13.8 Å². The van der Waals surface area contributed by atoms with E-state index in [0.717, 1.165) is 0 Å². The zero-order chi connectivity index (χ0) is 12.1. The molecule has 0 saturated carbocycles. The van der Waals surface area contributed by atoms with Crippen molar-refractivity contribution in [2.24, 2.45) is 0 Å². The van der Waals surface area contributed by atoms with Gasteiger partial charge in [-0.1, -0.05) is 0 Å². The minimum Gasteiger partial charge on any atom is -0.489 e. The van der Waals surface area contributed by atoms with Crippen LogP contribution in [0.3, 0.4) is 0 Å². The number of hydrogen-bond donors (Lipinski definition) is 1. The third-order valence-electron chi connectivity index (χ3n) is 1.84. The molecule has 90 valence electrons. The molecule has 5 heteroatoms. The summed E-state index contributed by atoms with van der Waals surface area (Å²) in [5.41, 5.74) is 5.89. The highest BCUT2D eigenvalue weighted by atomic mass is 79.9. The van der Waals surface area contributed by atoms with Crippen LogP contribution in [0.15, 0.2) is 16.6 Å². The molecule has 1 aromatic carbocycles. The molecule has 0 aliphatic carbocycles. The van der Waals surface area contributed by atoms with Crippen molar-refractivity contribution in [3.8, 4) is 5.75 Å². The lowest BCUT2D eigenvalue weighted by Crippen LogP contribution is -2.12. The van der Waals surface area contributed by atoms with Gasteiger partial charge in [0.15, 0.2) is 0 Å². The van der Waals surface area contributed by atoms with Gasteiger partial charge >= 0.3 is 0 Å².